The van der Waals surface area contributed by atoms with E-state index in [1.54, 1.807) is 18.2 Å². The van der Waals surface area contributed by atoms with E-state index in [1.807, 2.05) is 0 Å². The highest BCUT2D eigenvalue weighted by Gasteiger charge is 2.42. The number of rotatable bonds is 35. The van der Waals surface area contributed by atoms with Gasteiger partial charge in [0.1, 0.15) is 5.75 Å². The zero-order valence-corrected chi connectivity index (χ0v) is 34.0. The van der Waals surface area contributed by atoms with Crippen molar-refractivity contribution in [2.24, 2.45) is 0 Å². The van der Waals surface area contributed by atoms with Gasteiger partial charge in [-0.15, -0.1) is 0 Å². The number of unbranched alkanes of at least 4 members (excludes halogenated alkanes) is 26. The average molecular weight is 753 g/mol. The van der Waals surface area contributed by atoms with Gasteiger partial charge in [0.15, 0.2) is 0 Å². The van der Waals surface area contributed by atoms with Gasteiger partial charge in [-0.05, 0) is 33.1 Å². The van der Waals surface area contributed by atoms with Crippen LogP contribution in [-0.4, -0.2) is 32.9 Å². The summed E-state index contributed by atoms with van der Waals surface area (Å²) in [5.41, 5.74) is 0. The second-order valence-corrected chi connectivity index (χ2v) is 26.5. The first-order valence-electron chi connectivity index (χ1n) is 19.6. The summed E-state index contributed by atoms with van der Waals surface area (Å²) in [6, 6.07) is 8.16. The standard InChI is InChI=1S/C38H72O6S4/c1-3-5-7-9-11-13-15-17-19-21-23-25-27-32-36-46(47(39,40)41,45-48(42,43)44-38-34-30-29-31-35-38)37-33-28-26-24-22-20-18-16-14-12-10-8-6-4-2/h29-31,34-35H,3-28,32-33,36-37H2,1-2H3,(H,39,40,41). The van der Waals surface area contributed by atoms with Crippen LogP contribution < -0.4 is 4.18 Å². The van der Waals surface area contributed by atoms with Crippen LogP contribution in [0, 0.1) is 0 Å². The Hall–Kier alpha value is -0.420. The molecule has 0 aromatic heterocycles. The summed E-state index contributed by atoms with van der Waals surface area (Å²) >= 11 is 0. The molecule has 0 saturated carbocycles. The molecular weight excluding hydrogens is 681 g/mol. The third-order valence-corrected chi connectivity index (χ3v) is 25.1. The van der Waals surface area contributed by atoms with Crippen LogP contribution in [0.25, 0.3) is 0 Å². The third-order valence-electron chi connectivity index (χ3n) is 9.15. The summed E-state index contributed by atoms with van der Waals surface area (Å²) in [7, 11) is -11.5. The smallest absolute Gasteiger partial charge is 0.374 e. The highest BCUT2D eigenvalue weighted by Crippen LogP contribution is 2.67. The average Bonchev–Trinajstić information content (AvgIpc) is 3.04. The Kier molecular flexibility index (Phi) is 27.7. The predicted octanol–water partition coefficient (Wildman–Crippen LogP) is 13.5. The molecule has 0 aliphatic heterocycles. The Bertz CT molecular complexity index is 1050. The van der Waals surface area contributed by atoms with Gasteiger partial charge in [-0.3, -0.25) is 4.55 Å². The monoisotopic (exact) mass is 752 g/mol. The molecule has 0 aliphatic carbocycles. The molecule has 1 rings (SSSR count). The molecule has 1 aromatic carbocycles. The normalized spacial score (nSPS) is 12.8. The van der Waals surface area contributed by atoms with Crippen LogP contribution in [0.15, 0.2) is 30.3 Å². The molecule has 0 heterocycles. The van der Waals surface area contributed by atoms with Crippen molar-refractivity contribution < 1.29 is 25.6 Å². The van der Waals surface area contributed by atoms with Gasteiger partial charge in [0.2, 0.25) is 0 Å². The fourth-order valence-corrected chi connectivity index (χ4v) is 22.1. The number of para-hydroxylation sites is 1. The van der Waals surface area contributed by atoms with E-state index >= 15 is 0 Å². The Balaban J connectivity index is 2.52. The van der Waals surface area contributed by atoms with Crippen LogP contribution in [0.4, 0.5) is 0 Å². The van der Waals surface area contributed by atoms with Crippen LogP contribution in [0.2, 0.25) is 0 Å². The summed E-state index contributed by atoms with van der Waals surface area (Å²) in [6.07, 6.45) is 33.1. The maximum atomic E-state index is 13.1. The van der Waals surface area contributed by atoms with E-state index in [-0.39, 0.29) is 17.3 Å². The quantitative estimate of drug-likeness (QED) is 0.0419. The lowest BCUT2D eigenvalue weighted by Crippen LogP contribution is -2.20. The molecule has 1 aromatic rings. The lowest BCUT2D eigenvalue weighted by atomic mass is 10.0. The molecule has 1 N–H and O–H groups in total. The van der Waals surface area contributed by atoms with E-state index in [0.29, 0.717) is 22.7 Å². The molecular formula is C38H72O6S4. The molecule has 0 amide bonds. The van der Waals surface area contributed by atoms with Gasteiger partial charge >= 0.3 is 18.3 Å². The zero-order chi connectivity index (χ0) is 35.2. The minimum Gasteiger partial charge on any atom is -0.374 e. The maximum absolute atomic E-state index is 13.1. The van der Waals surface area contributed by atoms with E-state index in [4.69, 9.17) is 4.18 Å². The van der Waals surface area contributed by atoms with Crippen molar-refractivity contribution in [3.05, 3.63) is 30.3 Å². The minimum absolute atomic E-state index is 0.140. The first-order chi connectivity index (χ1) is 23.2. The second-order valence-electron chi connectivity index (χ2n) is 13.6. The van der Waals surface area contributed by atoms with Crippen molar-refractivity contribution in [3.63, 3.8) is 0 Å². The van der Waals surface area contributed by atoms with Gasteiger partial charge in [-0.2, -0.15) is 16.8 Å². The summed E-state index contributed by atoms with van der Waals surface area (Å²) in [6.45, 7) is 4.50. The first kappa shape index (κ1) is 45.6. The minimum atomic E-state index is -4.60. The molecule has 48 heavy (non-hydrogen) atoms. The number of hydrogen-bond donors (Lipinski definition) is 1. The van der Waals surface area contributed by atoms with E-state index < -0.39 is 26.4 Å². The molecule has 0 unspecified atom stereocenters. The zero-order valence-electron chi connectivity index (χ0n) is 30.7. The first-order valence-corrected chi connectivity index (χ1v) is 26.8. The van der Waals surface area contributed by atoms with Crippen LogP contribution in [0.3, 0.4) is 0 Å². The van der Waals surface area contributed by atoms with Crippen LogP contribution in [-0.2, 0) is 18.3 Å². The van der Waals surface area contributed by atoms with Crippen LogP contribution >= 0.6 is 17.9 Å². The van der Waals surface area contributed by atoms with Gasteiger partial charge in [0, 0.05) is 11.5 Å². The van der Waals surface area contributed by atoms with Crippen molar-refractivity contribution in [1.29, 1.82) is 0 Å². The van der Waals surface area contributed by atoms with Crippen molar-refractivity contribution >= 4 is 36.2 Å². The maximum Gasteiger partial charge on any atom is 0.375 e. The Morgan fingerprint density at radius 2 is 0.771 bits per heavy atom. The molecule has 0 spiro atoms. The van der Waals surface area contributed by atoms with Crippen molar-refractivity contribution in [2.45, 2.75) is 194 Å². The van der Waals surface area contributed by atoms with Crippen molar-refractivity contribution in [2.75, 3.05) is 11.5 Å². The predicted molar refractivity (Wildman–Crippen MR) is 213 cm³/mol. The fraction of sp³-hybridized carbons (Fsp3) is 0.842. The van der Waals surface area contributed by atoms with Gasteiger partial charge in [0.05, 0.1) is 9.83 Å². The summed E-state index contributed by atoms with van der Waals surface area (Å²) in [5.74, 6) is 0.482. The van der Waals surface area contributed by atoms with E-state index in [0.717, 1.165) is 38.5 Å². The molecule has 0 radical (unpaired) electrons. The van der Waals surface area contributed by atoms with Gasteiger partial charge < -0.3 is 4.18 Å². The van der Waals surface area contributed by atoms with Gasteiger partial charge in [0.25, 0.3) is 0 Å². The van der Waals surface area contributed by atoms with Gasteiger partial charge in [-0.1, -0.05) is 199 Å². The molecule has 0 atom stereocenters. The summed E-state index contributed by atoms with van der Waals surface area (Å²) < 4.78 is 68.0. The van der Waals surface area contributed by atoms with E-state index in [2.05, 4.69) is 13.8 Å². The Morgan fingerprint density at radius 3 is 1.06 bits per heavy atom. The van der Waals surface area contributed by atoms with Gasteiger partial charge in [-0.25, -0.2) is 0 Å². The molecule has 0 bridgehead atoms. The summed E-state index contributed by atoms with van der Waals surface area (Å²) in [5, 5.41) is 0. The molecule has 284 valence electrons. The molecule has 6 nitrogen and oxygen atoms in total. The summed E-state index contributed by atoms with van der Waals surface area (Å²) in [4.78, 5) is 0. The van der Waals surface area contributed by atoms with E-state index in [1.165, 1.54) is 141 Å². The molecule has 10 heteroatoms. The fourth-order valence-electron chi connectivity index (χ4n) is 6.21. The van der Waals surface area contributed by atoms with E-state index in [9.17, 15) is 21.4 Å². The highest BCUT2D eigenvalue weighted by atomic mass is 33.8. The van der Waals surface area contributed by atoms with Crippen LogP contribution in [0.5, 0.6) is 5.75 Å². The third kappa shape index (κ3) is 23.9. The van der Waals surface area contributed by atoms with Crippen LogP contribution in [0.1, 0.15) is 194 Å². The SMILES string of the molecule is CCCCCCCCCCCCCCCCS(CCCCCCCCCCCCCCCC)(SS(=O)(=O)Oc1ccccc1)S(=O)(=O)O. The Morgan fingerprint density at radius 1 is 0.479 bits per heavy atom. The van der Waals surface area contributed by atoms with Crippen molar-refractivity contribution in [1.82, 2.24) is 0 Å². The molecule has 0 aliphatic rings. The lowest BCUT2D eigenvalue weighted by molar-refractivity contribution is 0.500. The number of hydrogen-bond acceptors (Lipinski definition) is 6. The topological polar surface area (TPSA) is 97.7 Å². The van der Waals surface area contributed by atoms with Crippen molar-refractivity contribution in [3.8, 4) is 5.75 Å². The highest BCUT2D eigenvalue weighted by molar-refractivity contribution is 9.34. The second kappa shape index (κ2) is 29.2. The Labute approximate surface area is 301 Å². The number of benzene rings is 1. The largest absolute Gasteiger partial charge is 0.375 e. The lowest BCUT2D eigenvalue weighted by Gasteiger charge is -2.34. The molecule has 0 saturated heterocycles. The molecule has 0 fully saturated rings.